The summed E-state index contributed by atoms with van der Waals surface area (Å²) in [6.45, 7) is 2.84. The second-order valence-corrected chi connectivity index (χ2v) is 9.63. The molecule has 4 aromatic rings. The minimum absolute atomic E-state index is 0. The number of esters is 1. The topological polar surface area (TPSA) is 56.8 Å². The highest BCUT2D eigenvalue weighted by Gasteiger charge is 2.27. The quantitative estimate of drug-likeness (QED) is 0.183. The van der Waals surface area contributed by atoms with Gasteiger partial charge in [0, 0.05) is 17.5 Å². The number of hydrogen-bond acceptors (Lipinski definition) is 5. The third kappa shape index (κ3) is 7.27. The largest absolute Gasteiger partial charge is 0.490 e. The van der Waals surface area contributed by atoms with E-state index in [0.29, 0.717) is 23.1 Å². The van der Waals surface area contributed by atoms with Crippen LogP contribution >= 0.6 is 24.0 Å². The van der Waals surface area contributed by atoms with E-state index >= 15 is 0 Å². The summed E-state index contributed by atoms with van der Waals surface area (Å²) in [5, 5.41) is 6.53. The molecule has 4 aromatic carbocycles. The number of rotatable bonds is 9. The summed E-state index contributed by atoms with van der Waals surface area (Å²) in [6, 6.07) is 29.7. The smallest absolute Gasteiger partial charge is 0.338 e. The Morgan fingerprint density at radius 1 is 0.895 bits per heavy atom. The molecule has 0 spiro atoms. The first-order chi connectivity index (χ1) is 18.2. The van der Waals surface area contributed by atoms with Crippen LogP contribution in [0.2, 0.25) is 5.02 Å². The summed E-state index contributed by atoms with van der Waals surface area (Å²) in [5.74, 6) is 0.668. The molecule has 0 radical (unpaired) electrons. The van der Waals surface area contributed by atoms with E-state index in [1.54, 1.807) is 24.3 Å². The Kier molecular flexibility index (Phi) is 10.0. The lowest BCUT2D eigenvalue weighted by atomic mass is 9.87. The number of fused-ring (bicyclic) bond motifs is 1. The van der Waals surface area contributed by atoms with Crippen molar-refractivity contribution in [2.75, 3.05) is 26.3 Å². The van der Waals surface area contributed by atoms with Gasteiger partial charge in [0.05, 0.1) is 18.3 Å². The summed E-state index contributed by atoms with van der Waals surface area (Å²) in [7, 11) is 0. The van der Waals surface area contributed by atoms with Crippen molar-refractivity contribution in [3.63, 3.8) is 0 Å². The van der Waals surface area contributed by atoms with Gasteiger partial charge in [0.2, 0.25) is 0 Å². The van der Waals surface area contributed by atoms with E-state index < -0.39 is 5.97 Å². The molecule has 1 N–H and O–H groups in total. The molecule has 1 fully saturated rings. The second kappa shape index (κ2) is 13.6. The average Bonchev–Trinajstić information content (AvgIpc) is 2.95. The van der Waals surface area contributed by atoms with Crippen LogP contribution in [0.3, 0.4) is 0 Å². The first-order valence-electron chi connectivity index (χ1n) is 12.6. The molecule has 38 heavy (non-hydrogen) atoms. The molecule has 1 saturated heterocycles. The van der Waals surface area contributed by atoms with Gasteiger partial charge < -0.3 is 19.5 Å². The van der Waals surface area contributed by atoms with Gasteiger partial charge >= 0.3 is 5.97 Å². The zero-order valence-electron chi connectivity index (χ0n) is 21.0. The van der Waals surface area contributed by atoms with Crippen LogP contribution in [0.4, 0.5) is 0 Å². The lowest BCUT2D eigenvalue weighted by molar-refractivity contribution is 0.0106. The fourth-order valence-electron chi connectivity index (χ4n) is 4.69. The monoisotopic (exact) mass is 551 g/mol. The number of piperidine rings is 1. The lowest BCUT2D eigenvalue weighted by Crippen LogP contribution is -2.40. The highest BCUT2D eigenvalue weighted by molar-refractivity contribution is 6.30. The molecule has 2 atom stereocenters. The summed E-state index contributed by atoms with van der Waals surface area (Å²) >= 11 is 5.86. The van der Waals surface area contributed by atoms with Crippen LogP contribution in [0.25, 0.3) is 10.8 Å². The van der Waals surface area contributed by atoms with Gasteiger partial charge in [0.15, 0.2) is 0 Å². The Morgan fingerprint density at radius 3 is 2.45 bits per heavy atom. The van der Waals surface area contributed by atoms with Crippen molar-refractivity contribution < 1.29 is 19.0 Å². The zero-order chi connectivity index (χ0) is 25.5. The maximum Gasteiger partial charge on any atom is 0.338 e. The molecule has 0 saturated carbocycles. The summed E-state index contributed by atoms with van der Waals surface area (Å²) in [5.41, 5.74) is 2.89. The fraction of sp³-hybridized carbons (Fsp3) is 0.258. The minimum atomic E-state index is -0.392. The van der Waals surface area contributed by atoms with Crippen LogP contribution in [-0.4, -0.2) is 38.4 Å². The molecule has 5 nitrogen and oxygen atoms in total. The summed E-state index contributed by atoms with van der Waals surface area (Å²) in [6.07, 6.45) is 1.11. The van der Waals surface area contributed by atoms with E-state index in [9.17, 15) is 4.79 Å². The maximum absolute atomic E-state index is 12.1. The van der Waals surface area contributed by atoms with Crippen molar-refractivity contribution in [2.45, 2.75) is 25.0 Å². The minimum Gasteiger partial charge on any atom is -0.490 e. The van der Waals surface area contributed by atoms with Crippen LogP contribution in [0.5, 0.6) is 5.75 Å². The van der Waals surface area contributed by atoms with E-state index in [1.807, 2.05) is 12.1 Å². The van der Waals surface area contributed by atoms with Crippen molar-refractivity contribution in [3.05, 3.63) is 113 Å². The maximum atomic E-state index is 12.1. The Morgan fingerprint density at radius 2 is 1.66 bits per heavy atom. The first kappa shape index (κ1) is 27.9. The van der Waals surface area contributed by atoms with Crippen LogP contribution < -0.4 is 10.1 Å². The van der Waals surface area contributed by atoms with Gasteiger partial charge in [0.25, 0.3) is 0 Å². The SMILES string of the molecule is Cl.O=C(OCCOc1ccc(C2CCNCC2OCc2ccc3ccccc3c2)cc1)c1ccc(Cl)cc1. The summed E-state index contributed by atoms with van der Waals surface area (Å²) in [4.78, 5) is 12.1. The molecule has 198 valence electrons. The van der Waals surface area contributed by atoms with Gasteiger partial charge in [-0.3, -0.25) is 0 Å². The van der Waals surface area contributed by atoms with Crippen molar-refractivity contribution >= 4 is 40.7 Å². The van der Waals surface area contributed by atoms with Crippen LogP contribution in [0, 0.1) is 0 Å². The second-order valence-electron chi connectivity index (χ2n) is 9.19. The highest BCUT2D eigenvalue weighted by Crippen LogP contribution is 2.30. The molecule has 0 amide bonds. The van der Waals surface area contributed by atoms with E-state index in [0.717, 1.165) is 25.3 Å². The van der Waals surface area contributed by atoms with Gasteiger partial charge in [-0.05, 0) is 77.3 Å². The standard InChI is InChI=1S/C31H30ClNO4.ClH/c32-27-11-7-25(8-12-27)31(34)36-18-17-35-28-13-9-24(10-14-28)29-15-16-33-20-30(29)37-21-22-5-6-23-3-1-2-4-26(23)19-22;/h1-14,19,29-30,33H,15-18,20-21H2;1H. The van der Waals surface area contributed by atoms with Gasteiger partial charge in [-0.1, -0.05) is 60.1 Å². The molecule has 0 bridgehead atoms. The van der Waals surface area contributed by atoms with Crippen molar-refractivity contribution in [1.29, 1.82) is 0 Å². The van der Waals surface area contributed by atoms with E-state index in [4.69, 9.17) is 25.8 Å². The Bertz CT molecular complexity index is 1330. The van der Waals surface area contributed by atoms with Gasteiger partial charge in [-0.2, -0.15) is 0 Å². The number of benzene rings is 4. The fourth-order valence-corrected chi connectivity index (χ4v) is 4.82. The van der Waals surface area contributed by atoms with Gasteiger partial charge in [-0.15, -0.1) is 12.4 Å². The Labute approximate surface area is 234 Å². The lowest BCUT2D eigenvalue weighted by Gasteiger charge is -2.32. The third-order valence-electron chi connectivity index (χ3n) is 6.68. The molecule has 1 aliphatic heterocycles. The van der Waals surface area contributed by atoms with E-state index in [1.165, 1.54) is 21.9 Å². The molecule has 0 aromatic heterocycles. The van der Waals surface area contributed by atoms with Gasteiger partial charge in [-0.25, -0.2) is 4.79 Å². The third-order valence-corrected chi connectivity index (χ3v) is 6.93. The predicted molar refractivity (Wildman–Crippen MR) is 154 cm³/mol. The average molecular weight is 552 g/mol. The molecule has 0 aliphatic carbocycles. The molecular weight excluding hydrogens is 521 g/mol. The van der Waals surface area contributed by atoms with Crippen LogP contribution in [0.1, 0.15) is 33.8 Å². The number of carbonyl (C=O) groups is 1. The molecular formula is C31H31Cl2NO4. The first-order valence-corrected chi connectivity index (χ1v) is 13.0. The number of carbonyl (C=O) groups excluding carboxylic acids is 1. The zero-order valence-corrected chi connectivity index (χ0v) is 22.5. The molecule has 1 aliphatic rings. The number of ether oxygens (including phenoxy) is 3. The molecule has 5 rings (SSSR count). The normalized spacial score (nSPS) is 17.0. The van der Waals surface area contributed by atoms with Crippen molar-refractivity contribution in [3.8, 4) is 5.75 Å². The highest BCUT2D eigenvalue weighted by atomic mass is 35.5. The van der Waals surface area contributed by atoms with Gasteiger partial charge in [0.1, 0.15) is 19.0 Å². The van der Waals surface area contributed by atoms with Crippen LogP contribution in [0.15, 0.2) is 91.0 Å². The number of nitrogens with one attached hydrogen (secondary N) is 1. The van der Waals surface area contributed by atoms with E-state index in [2.05, 4.69) is 59.9 Å². The predicted octanol–water partition coefficient (Wildman–Crippen LogP) is 6.81. The number of hydrogen-bond donors (Lipinski definition) is 1. The molecule has 7 heteroatoms. The van der Waals surface area contributed by atoms with E-state index in [-0.39, 0.29) is 31.7 Å². The number of halogens is 2. The van der Waals surface area contributed by atoms with Crippen molar-refractivity contribution in [2.24, 2.45) is 0 Å². The van der Waals surface area contributed by atoms with Crippen LogP contribution in [-0.2, 0) is 16.1 Å². The molecule has 2 unspecified atom stereocenters. The van der Waals surface area contributed by atoms with Crippen molar-refractivity contribution in [1.82, 2.24) is 5.32 Å². The summed E-state index contributed by atoms with van der Waals surface area (Å²) < 4.78 is 17.5. The Balaban J connectivity index is 0.00000336. The Hall–Kier alpha value is -3.09. The molecule has 1 heterocycles.